The fourth-order valence-corrected chi connectivity index (χ4v) is 1.93. The van der Waals surface area contributed by atoms with Gasteiger partial charge < -0.3 is 11.1 Å². The summed E-state index contributed by atoms with van der Waals surface area (Å²) >= 11 is 0. The maximum atomic E-state index is 11.8. The molecular formula is C11H16N6O2. The number of amides is 2. The first-order valence-electron chi connectivity index (χ1n) is 5.98. The summed E-state index contributed by atoms with van der Waals surface area (Å²) in [5.74, 6) is -0.450. The monoisotopic (exact) mass is 264 g/mol. The van der Waals surface area contributed by atoms with Gasteiger partial charge in [0, 0.05) is 32.0 Å². The summed E-state index contributed by atoms with van der Waals surface area (Å²) in [6.07, 6.45) is 3.08. The van der Waals surface area contributed by atoms with Crippen LogP contribution in [0.15, 0.2) is 18.5 Å². The molecule has 1 fully saturated rings. The number of hydrogen-bond acceptors (Lipinski definition) is 6. The van der Waals surface area contributed by atoms with Gasteiger partial charge >= 0.3 is 0 Å². The lowest BCUT2D eigenvalue weighted by atomic mass is 10.2. The Kier molecular flexibility index (Phi) is 4.37. The molecule has 4 N–H and O–H groups in total. The van der Waals surface area contributed by atoms with Crippen LogP contribution in [-0.2, 0) is 9.59 Å². The van der Waals surface area contributed by atoms with Crippen molar-refractivity contribution in [1.29, 1.82) is 0 Å². The van der Waals surface area contributed by atoms with Crippen LogP contribution >= 0.6 is 0 Å². The fraction of sp³-hybridized carbons (Fsp3) is 0.455. The Bertz CT molecular complexity index is 452. The van der Waals surface area contributed by atoms with Crippen molar-refractivity contribution in [2.45, 2.75) is 6.04 Å². The molecule has 1 atom stereocenters. The van der Waals surface area contributed by atoms with Crippen molar-refractivity contribution in [3.63, 3.8) is 0 Å². The van der Waals surface area contributed by atoms with Crippen molar-refractivity contribution in [2.24, 2.45) is 5.73 Å². The average molecular weight is 264 g/mol. The van der Waals surface area contributed by atoms with Crippen molar-refractivity contribution in [3.05, 3.63) is 18.5 Å². The lowest BCUT2D eigenvalue weighted by Crippen LogP contribution is -2.58. The van der Waals surface area contributed by atoms with Crippen LogP contribution in [0.25, 0.3) is 0 Å². The van der Waals surface area contributed by atoms with Gasteiger partial charge in [0.05, 0.1) is 6.54 Å². The van der Waals surface area contributed by atoms with Gasteiger partial charge in [-0.05, 0) is 6.07 Å². The number of anilines is 1. The molecule has 1 aliphatic heterocycles. The van der Waals surface area contributed by atoms with Gasteiger partial charge in [0.25, 0.3) is 0 Å². The lowest BCUT2D eigenvalue weighted by Gasteiger charge is -2.33. The van der Waals surface area contributed by atoms with Crippen molar-refractivity contribution in [2.75, 3.05) is 31.5 Å². The van der Waals surface area contributed by atoms with Crippen LogP contribution in [0.2, 0.25) is 0 Å². The number of nitrogens with one attached hydrogen (secondary N) is 2. The topological polar surface area (TPSA) is 113 Å². The predicted octanol–water partition coefficient (Wildman–Crippen LogP) is -1.83. The Labute approximate surface area is 110 Å². The smallest absolute Gasteiger partial charge is 0.240 e. The summed E-state index contributed by atoms with van der Waals surface area (Å²) in [4.78, 5) is 32.7. The molecule has 1 aromatic heterocycles. The van der Waals surface area contributed by atoms with Crippen LogP contribution in [0.5, 0.6) is 0 Å². The first kappa shape index (κ1) is 13.4. The first-order chi connectivity index (χ1) is 9.16. The fourth-order valence-electron chi connectivity index (χ4n) is 1.93. The molecule has 0 spiro atoms. The van der Waals surface area contributed by atoms with Crippen LogP contribution in [0.1, 0.15) is 0 Å². The summed E-state index contributed by atoms with van der Waals surface area (Å²) in [5.41, 5.74) is 5.31. The zero-order valence-corrected chi connectivity index (χ0v) is 10.4. The van der Waals surface area contributed by atoms with Gasteiger partial charge in [-0.1, -0.05) is 0 Å². The zero-order valence-electron chi connectivity index (χ0n) is 10.4. The minimum Gasteiger partial charge on any atom is -0.368 e. The number of primary amides is 1. The van der Waals surface area contributed by atoms with Crippen LogP contribution in [0, 0.1) is 0 Å². The van der Waals surface area contributed by atoms with E-state index in [0.717, 1.165) is 6.54 Å². The minimum absolute atomic E-state index is 0.0908. The van der Waals surface area contributed by atoms with E-state index in [1.807, 2.05) is 0 Å². The summed E-state index contributed by atoms with van der Waals surface area (Å²) in [7, 11) is 0. The summed E-state index contributed by atoms with van der Waals surface area (Å²) < 4.78 is 0. The normalized spacial score (nSPS) is 19.9. The van der Waals surface area contributed by atoms with Gasteiger partial charge in [0.2, 0.25) is 17.8 Å². The van der Waals surface area contributed by atoms with Gasteiger partial charge in [0.15, 0.2) is 0 Å². The summed E-state index contributed by atoms with van der Waals surface area (Å²) in [5, 5.41) is 5.64. The molecule has 0 saturated carbocycles. The second kappa shape index (κ2) is 6.21. The average Bonchev–Trinajstić information content (AvgIpc) is 2.40. The van der Waals surface area contributed by atoms with Gasteiger partial charge in [-0.3, -0.25) is 19.8 Å². The molecule has 102 valence electrons. The zero-order chi connectivity index (χ0) is 13.7. The number of aromatic nitrogens is 2. The maximum Gasteiger partial charge on any atom is 0.240 e. The van der Waals surface area contributed by atoms with Crippen molar-refractivity contribution in [3.8, 4) is 0 Å². The van der Waals surface area contributed by atoms with Gasteiger partial charge in [-0.25, -0.2) is 9.97 Å². The van der Waals surface area contributed by atoms with Crippen molar-refractivity contribution >= 4 is 17.8 Å². The van der Waals surface area contributed by atoms with E-state index in [-0.39, 0.29) is 18.4 Å². The number of rotatable bonds is 4. The highest BCUT2D eigenvalue weighted by Crippen LogP contribution is 2.03. The molecule has 0 aliphatic carbocycles. The van der Waals surface area contributed by atoms with Crippen molar-refractivity contribution < 1.29 is 9.59 Å². The summed E-state index contributed by atoms with van der Waals surface area (Å²) in [6, 6.07) is 1.20. The molecule has 1 unspecified atom stereocenters. The van der Waals surface area contributed by atoms with Gasteiger partial charge in [-0.15, -0.1) is 0 Å². The molecule has 1 aromatic rings. The number of carbonyl (C=O) groups excluding carboxylic acids is 2. The Balaban J connectivity index is 1.92. The summed E-state index contributed by atoms with van der Waals surface area (Å²) in [6.45, 7) is 1.87. The SMILES string of the molecule is NC(=O)C1CNCCN1CC(=O)Nc1ncccn1. The molecule has 8 heteroatoms. The predicted molar refractivity (Wildman–Crippen MR) is 68.1 cm³/mol. The largest absolute Gasteiger partial charge is 0.368 e. The number of carbonyl (C=O) groups is 2. The van der Waals surface area contributed by atoms with E-state index in [4.69, 9.17) is 5.73 Å². The van der Waals surface area contributed by atoms with E-state index in [0.29, 0.717) is 13.1 Å². The van der Waals surface area contributed by atoms with Crippen LogP contribution in [0.3, 0.4) is 0 Å². The highest BCUT2D eigenvalue weighted by atomic mass is 16.2. The molecule has 2 heterocycles. The molecule has 0 radical (unpaired) electrons. The van der Waals surface area contributed by atoms with Crippen LogP contribution < -0.4 is 16.4 Å². The van der Waals surface area contributed by atoms with Crippen LogP contribution in [0.4, 0.5) is 5.95 Å². The standard InChI is InChI=1S/C11H16N6O2/c12-10(19)8-6-13-4-5-17(8)7-9(18)16-11-14-2-1-3-15-11/h1-3,8,13H,4-7H2,(H2,12,19)(H,14,15,16,18). The molecule has 19 heavy (non-hydrogen) atoms. The van der Waals surface area contributed by atoms with E-state index in [9.17, 15) is 9.59 Å². The lowest BCUT2D eigenvalue weighted by molar-refractivity contribution is -0.125. The molecule has 0 aromatic carbocycles. The second-order valence-corrected chi connectivity index (χ2v) is 4.21. The molecule has 0 bridgehead atoms. The van der Waals surface area contributed by atoms with Crippen molar-refractivity contribution in [1.82, 2.24) is 20.2 Å². The van der Waals surface area contributed by atoms with Gasteiger partial charge in [0.1, 0.15) is 6.04 Å². The van der Waals surface area contributed by atoms with E-state index < -0.39 is 11.9 Å². The molecule has 1 saturated heterocycles. The van der Waals surface area contributed by atoms with E-state index in [1.54, 1.807) is 23.4 Å². The number of nitrogens with two attached hydrogens (primary N) is 1. The molecular weight excluding hydrogens is 248 g/mol. The molecule has 2 amide bonds. The van der Waals surface area contributed by atoms with Gasteiger partial charge in [-0.2, -0.15) is 0 Å². The number of nitrogens with zero attached hydrogens (tertiary/aromatic N) is 3. The molecule has 1 aliphatic rings. The number of hydrogen-bond donors (Lipinski definition) is 3. The highest BCUT2D eigenvalue weighted by Gasteiger charge is 2.28. The third-order valence-electron chi connectivity index (χ3n) is 2.85. The molecule has 2 rings (SSSR count). The Morgan fingerprint density at radius 2 is 2.21 bits per heavy atom. The van der Waals surface area contributed by atoms with E-state index >= 15 is 0 Å². The Morgan fingerprint density at radius 1 is 1.47 bits per heavy atom. The first-order valence-corrected chi connectivity index (χ1v) is 5.98. The Morgan fingerprint density at radius 3 is 2.89 bits per heavy atom. The Hall–Kier alpha value is -2.06. The third kappa shape index (κ3) is 3.70. The second-order valence-electron chi connectivity index (χ2n) is 4.21. The third-order valence-corrected chi connectivity index (χ3v) is 2.85. The minimum atomic E-state index is -0.462. The van der Waals surface area contributed by atoms with E-state index in [1.165, 1.54) is 0 Å². The highest BCUT2D eigenvalue weighted by molar-refractivity contribution is 5.91. The number of piperazine rings is 1. The molecule has 8 nitrogen and oxygen atoms in total. The quantitative estimate of drug-likeness (QED) is 0.590. The van der Waals surface area contributed by atoms with Crippen LogP contribution in [-0.4, -0.2) is 58.9 Å². The van der Waals surface area contributed by atoms with E-state index in [2.05, 4.69) is 20.6 Å². The maximum absolute atomic E-state index is 11.8.